The van der Waals surface area contributed by atoms with Crippen molar-refractivity contribution in [2.24, 2.45) is 0 Å². The Bertz CT molecular complexity index is 621. The average Bonchev–Trinajstić information content (AvgIpc) is 2.36. The van der Waals surface area contributed by atoms with Crippen molar-refractivity contribution in [2.75, 3.05) is 18.5 Å². The molecule has 0 aliphatic rings. The largest absolute Gasteiger partial charge is 0.416 e. The molecule has 1 heterocycles. The highest BCUT2D eigenvalue weighted by Gasteiger charge is 2.29. The summed E-state index contributed by atoms with van der Waals surface area (Å²) in [6.07, 6.45) is -4.33. The molecule has 0 saturated carbocycles. The second-order valence-electron chi connectivity index (χ2n) is 4.84. The third-order valence-corrected chi connectivity index (χ3v) is 2.86. The number of alkyl halides is 3. The van der Waals surface area contributed by atoms with Gasteiger partial charge < -0.3 is 11.5 Å². The summed E-state index contributed by atoms with van der Waals surface area (Å²) in [5.74, 6) is 0.468. The highest BCUT2D eigenvalue weighted by Crippen LogP contribution is 2.29. The number of nitrogens with zero attached hydrogens (tertiary/aromatic N) is 4. The van der Waals surface area contributed by atoms with Gasteiger partial charge in [0.2, 0.25) is 11.9 Å². The van der Waals surface area contributed by atoms with Crippen LogP contribution in [0.15, 0.2) is 24.3 Å². The molecule has 9 heteroatoms. The van der Waals surface area contributed by atoms with E-state index in [1.165, 1.54) is 12.1 Å². The predicted molar refractivity (Wildman–Crippen MR) is 75.3 cm³/mol. The lowest BCUT2D eigenvalue weighted by Crippen LogP contribution is -2.20. The Balaban J connectivity index is 2.01. The average molecular weight is 312 g/mol. The highest BCUT2D eigenvalue weighted by atomic mass is 19.4. The van der Waals surface area contributed by atoms with Crippen molar-refractivity contribution < 1.29 is 13.2 Å². The molecule has 2 aromatic rings. The zero-order valence-corrected chi connectivity index (χ0v) is 11.8. The lowest BCUT2D eigenvalue weighted by Gasteiger charge is -2.16. The predicted octanol–water partition coefficient (Wildman–Crippen LogP) is 1.69. The van der Waals surface area contributed by atoms with E-state index in [1.807, 2.05) is 4.90 Å². The van der Waals surface area contributed by atoms with Crippen molar-refractivity contribution in [2.45, 2.75) is 19.3 Å². The van der Waals surface area contributed by atoms with Crippen molar-refractivity contribution >= 4 is 11.9 Å². The first-order chi connectivity index (χ1) is 10.2. The second kappa shape index (κ2) is 6.14. The Morgan fingerprint density at radius 2 is 1.50 bits per heavy atom. The number of nitrogen functional groups attached to an aromatic ring is 2. The fraction of sp³-hybridized carbons (Fsp3) is 0.308. The Kier molecular flexibility index (Phi) is 4.45. The van der Waals surface area contributed by atoms with Crippen LogP contribution in [0.4, 0.5) is 25.1 Å². The Hall–Kier alpha value is -2.42. The van der Waals surface area contributed by atoms with Crippen molar-refractivity contribution in [3.63, 3.8) is 0 Å². The van der Waals surface area contributed by atoms with Gasteiger partial charge in [-0.2, -0.15) is 28.1 Å². The molecule has 0 aliphatic carbocycles. The van der Waals surface area contributed by atoms with Crippen LogP contribution in [0.2, 0.25) is 0 Å². The molecular formula is C13H15F3N6. The molecule has 0 spiro atoms. The van der Waals surface area contributed by atoms with Crippen LogP contribution in [-0.2, 0) is 19.3 Å². The van der Waals surface area contributed by atoms with Crippen LogP contribution in [0, 0.1) is 0 Å². The summed E-state index contributed by atoms with van der Waals surface area (Å²) in [5.41, 5.74) is 11.0. The number of rotatable bonds is 4. The van der Waals surface area contributed by atoms with E-state index in [9.17, 15) is 13.2 Å². The van der Waals surface area contributed by atoms with Gasteiger partial charge in [0.05, 0.1) is 12.1 Å². The Labute approximate surface area is 125 Å². The minimum Gasteiger partial charge on any atom is -0.368 e. The molecule has 0 amide bonds. The quantitative estimate of drug-likeness (QED) is 0.892. The molecule has 4 N–H and O–H groups in total. The summed E-state index contributed by atoms with van der Waals surface area (Å²) in [6, 6.07) is 5.00. The number of hydrogen-bond acceptors (Lipinski definition) is 6. The summed E-state index contributed by atoms with van der Waals surface area (Å²) in [6.45, 7) is 0.779. The summed E-state index contributed by atoms with van der Waals surface area (Å²) in [5, 5.41) is 0. The number of aromatic nitrogens is 3. The van der Waals surface area contributed by atoms with Gasteiger partial charge in [0.1, 0.15) is 5.82 Å². The second-order valence-corrected chi connectivity index (χ2v) is 4.84. The molecule has 0 radical (unpaired) electrons. The fourth-order valence-electron chi connectivity index (χ4n) is 1.94. The molecule has 0 unspecified atom stereocenters. The first kappa shape index (κ1) is 16.0. The van der Waals surface area contributed by atoms with Gasteiger partial charge in [-0.15, -0.1) is 0 Å². The van der Waals surface area contributed by atoms with Crippen LogP contribution in [0.5, 0.6) is 0 Å². The molecule has 2 rings (SSSR count). The maximum absolute atomic E-state index is 12.5. The van der Waals surface area contributed by atoms with Crippen LogP contribution >= 0.6 is 0 Å². The van der Waals surface area contributed by atoms with E-state index >= 15 is 0 Å². The van der Waals surface area contributed by atoms with Gasteiger partial charge in [0.25, 0.3) is 0 Å². The Morgan fingerprint density at radius 3 is 2.00 bits per heavy atom. The standard InChI is InChI=1S/C13H15F3N6/c1-22(7-10-19-11(17)21-12(18)20-10)6-8-2-4-9(5-3-8)13(14,15)16/h2-5H,6-7H2,1H3,(H4,17,18,19,20,21). The van der Waals surface area contributed by atoms with Gasteiger partial charge in [-0.25, -0.2) is 0 Å². The van der Waals surface area contributed by atoms with Crippen LogP contribution < -0.4 is 11.5 Å². The van der Waals surface area contributed by atoms with Crippen LogP contribution in [0.1, 0.15) is 17.0 Å². The molecule has 1 aromatic heterocycles. The minimum atomic E-state index is -4.33. The number of halogens is 3. The number of benzene rings is 1. The molecule has 0 aliphatic heterocycles. The fourth-order valence-corrected chi connectivity index (χ4v) is 1.94. The van der Waals surface area contributed by atoms with E-state index < -0.39 is 11.7 Å². The molecule has 1 aromatic carbocycles. The highest BCUT2D eigenvalue weighted by molar-refractivity contribution is 5.26. The van der Waals surface area contributed by atoms with E-state index in [1.54, 1.807) is 7.05 Å². The minimum absolute atomic E-state index is 0.0328. The molecule has 0 fully saturated rings. The third kappa shape index (κ3) is 4.29. The first-order valence-electron chi connectivity index (χ1n) is 6.34. The molecule has 22 heavy (non-hydrogen) atoms. The van der Waals surface area contributed by atoms with Crippen molar-refractivity contribution in [3.05, 3.63) is 41.2 Å². The summed E-state index contributed by atoms with van der Waals surface area (Å²) in [7, 11) is 1.79. The van der Waals surface area contributed by atoms with Gasteiger partial charge in [0, 0.05) is 6.54 Å². The SMILES string of the molecule is CN(Cc1ccc(C(F)(F)F)cc1)Cc1nc(N)nc(N)n1. The number of hydrogen-bond donors (Lipinski definition) is 2. The van der Waals surface area contributed by atoms with Crippen LogP contribution in [0.25, 0.3) is 0 Å². The van der Waals surface area contributed by atoms with E-state index in [-0.39, 0.29) is 11.9 Å². The molecule has 0 saturated heterocycles. The summed E-state index contributed by atoms with van der Waals surface area (Å²) in [4.78, 5) is 13.4. The van der Waals surface area contributed by atoms with E-state index in [4.69, 9.17) is 11.5 Å². The van der Waals surface area contributed by atoms with Crippen LogP contribution in [0.3, 0.4) is 0 Å². The van der Waals surface area contributed by atoms with E-state index in [0.717, 1.165) is 17.7 Å². The lowest BCUT2D eigenvalue weighted by molar-refractivity contribution is -0.137. The zero-order valence-electron chi connectivity index (χ0n) is 11.8. The summed E-state index contributed by atoms with van der Waals surface area (Å²) >= 11 is 0. The zero-order chi connectivity index (χ0) is 16.3. The van der Waals surface area contributed by atoms with Crippen molar-refractivity contribution in [3.8, 4) is 0 Å². The number of anilines is 2. The van der Waals surface area contributed by atoms with Gasteiger partial charge >= 0.3 is 6.18 Å². The van der Waals surface area contributed by atoms with E-state index in [0.29, 0.717) is 18.9 Å². The monoisotopic (exact) mass is 312 g/mol. The van der Waals surface area contributed by atoms with Gasteiger partial charge in [0.15, 0.2) is 0 Å². The van der Waals surface area contributed by atoms with Crippen LogP contribution in [-0.4, -0.2) is 26.9 Å². The molecule has 0 bridgehead atoms. The lowest BCUT2D eigenvalue weighted by atomic mass is 10.1. The molecule has 118 valence electrons. The third-order valence-electron chi connectivity index (χ3n) is 2.86. The van der Waals surface area contributed by atoms with Crippen molar-refractivity contribution in [1.29, 1.82) is 0 Å². The van der Waals surface area contributed by atoms with Gasteiger partial charge in [-0.1, -0.05) is 12.1 Å². The van der Waals surface area contributed by atoms with E-state index in [2.05, 4.69) is 15.0 Å². The topological polar surface area (TPSA) is 94.0 Å². The molecule has 0 atom stereocenters. The summed E-state index contributed by atoms with van der Waals surface area (Å²) < 4.78 is 37.5. The first-order valence-corrected chi connectivity index (χ1v) is 6.34. The van der Waals surface area contributed by atoms with Gasteiger partial charge in [-0.05, 0) is 24.7 Å². The number of nitrogens with two attached hydrogens (primary N) is 2. The molecule has 6 nitrogen and oxygen atoms in total. The normalized spacial score (nSPS) is 11.9. The Morgan fingerprint density at radius 1 is 0.955 bits per heavy atom. The van der Waals surface area contributed by atoms with Gasteiger partial charge in [-0.3, -0.25) is 4.90 Å². The molecular weight excluding hydrogens is 297 g/mol. The maximum atomic E-state index is 12.5. The van der Waals surface area contributed by atoms with Crippen molar-refractivity contribution in [1.82, 2.24) is 19.9 Å². The smallest absolute Gasteiger partial charge is 0.368 e. The maximum Gasteiger partial charge on any atom is 0.416 e.